The summed E-state index contributed by atoms with van der Waals surface area (Å²) in [4.78, 5) is 26.2. The van der Waals surface area contributed by atoms with Gasteiger partial charge in [0.25, 0.3) is 21.3 Å². The Morgan fingerprint density at radius 3 is 2.37 bits per heavy atom. The molecule has 4 aromatic rings. The maximum atomic E-state index is 13.8. The molecule has 1 aliphatic rings. The average molecular weight is 538 g/mol. The van der Waals surface area contributed by atoms with Crippen molar-refractivity contribution in [3.05, 3.63) is 98.3 Å². The molecule has 0 atom stereocenters. The Morgan fingerprint density at radius 2 is 1.68 bits per heavy atom. The smallest absolute Gasteiger partial charge is 0.289 e. The molecule has 1 N–H and O–H groups in total. The predicted molar refractivity (Wildman–Crippen MR) is 138 cm³/mol. The minimum atomic E-state index is -4.41. The summed E-state index contributed by atoms with van der Waals surface area (Å²) < 4.78 is 45.0. The maximum Gasteiger partial charge on any atom is 0.289 e. The standard InChI is InChI=1S/C26H23N3O8S/c1-35-20-8-6-17(7-9-20)15-28(38(33,34)25-5-3-2-4-22(25)29(31)32)16-19-12-18-13-23-24(37-11-10-36-23)14-21(18)27-26(19)30/h2-9,12-14H,10-11,15-16H2,1H3,(H,27,30). The van der Waals surface area contributed by atoms with Gasteiger partial charge in [0.1, 0.15) is 19.0 Å². The lowest BCUT2D eigenvalue weighted by atomic mass is 10.1. The van der Waals surface area contributed by atoms with E-state index in [4.69, 9.17) is 14.2 Å². The van der Waals surface area contributed by atoms with Gasteiger partial charge in [0, 0.05) is 36.2 Å². The number of H-pyrrole nitrogens is 1. The number of fused-ring (bicyclic) bond motifs is 2. The zero-order chi connectivity index (χ0) is 26.9. The summed E-state index contributed by atoms with van der Waals surface area (Å²) in [6, 6.07) is 16.8. The Kier molecular flexibility index (Phi) is 6.74. The van der Waals surface area contributed by atoms with E-state index in [1.54, 1.807) is 42.5 Å². The lowest BCUT2D eigenvalue weighted by molar-refractivity contribution is -0.387. The molecule has 0 radical (unpaired) electrons. The van der Waals surface area contributed by atoms with E-state index >= 15 is 0 Å². The van der Waals surface area contributed by atoms with Gasteiger partial charge in [-0.05, 0) is 35.9 Å². The fourth-order valence-electron chi connectivity index (χ4n) is 4.22. The van der Waals surface area contributed by atoms with Gasteiger partial charge >= 0.3 is 0 Å². The van der Waals surface area contributed by atoms with Crippen LogP contribution in [-0.4, -0.2) is 43.0 Å². The molecule has 0 fully saturated rings. The fourth-order valence-corrected chi connectivity index (χ4v) is 5.78. The zero-order valence-electron chi connectivity index (χ0n) is 20.2. The van der Waals surface area contributed by atoms with Crippen LogP contribution < -0.4 is 19.8 Å². The maximum absolute atomic E-state index is 13.8. The highest BCUT2D eigenvalue weighted by Gasteiger charge is 2.32. The molecule has 38 heavy (non-hydrogen) atoms. The quantitative estimate of drug-likeness (QED) is 0.265. The van der Waals surface area contributed by atoms with Crippen LogP contribution in [0, 0.1) is 10.1 Å². The monoisotopic (exact) mass is 537 g/mol. The van der Waals surface area contributed by atoms with Gasteiger partial charge in [-0.2, -0.15) is 4.31 Å². The van der Waals surface area contributed by atoms with Crippen LogP contribution in [0.4, 0.5) is 5.69 Å². The molecule has 0 unspecified atom stereocenters. The summed E-state index contributed by atoms with van der Waals surface area (Å²) in [6.45, 7) is 0.306. The second kappa shape index (κ2) is 10.1. The third kappa shape index (κ3) is 4.91. The van der Waals surface area contributed by atoms with E-state index in [9.17, 15) is 23.3 Å². The number of rotatable bonds is 8. The Hall–Kier alpha value is -4.42. The lowest BCUT2D eigenvalue weighted by Crippen LogP contribution is -2.33. The fraction of sp³-hybridized carbons (Fsp3) is 0.192. The number of ether oxygens (including phenoxy) is 3. The summed E-state index contributed by atoms with van der Waals surface area (Å²) in [7, 11) is -2.90. The number of nitro groups is 1. The molecule has 0 saturated carbocycles. The number of para-hydroxylation sites is 1. The second-order valence-electron chi connectivity index (χ2n) is 8.55. The highest BCUT2D eigenvalue weighted by Crippen LogP contribution is 2.34. The van der Waals surface area contributed by atoms with Crippen LogP contribution in [0.3, 0.4) is 0 Å². The number of hydrogen-bond acceptors (Lipinski definition) is 8. The van der Waals surface area contributed by atoms with E-state index in [0.717, 1.165) is 10.4 Å². The number of sulfonamides is 1. The summed E-state index contributed by atoms with van der Waals surface area (Å²) in [5.41, 5.74) is 0.219. The summed E-state index contributed by atoms with van der Waals surface area (Å²) in [6.07, 6.45) is 0. The number of nitrogens with zero attached hydrogens (tertiary/aromatic N) is 2. The Bertz CT molecular complexity index is 1680. The third-order valence-electron chi connectivity index (χ3n) is 6.13. The number of aromatic amines is 1. The Morgan fingerprint density at radius 1 is 1.00 bits per heavy atom. The van der Waals surface area contributed by atoms with Crippen molar-refractivity contribution in [2.45, 2.75) is 18.0 Å². The first-order valence-corrected chi connectivity index (χ1v) is 13.0. The van der Waals surface area contributed by atoms with Crippen LogP contribution >= 0.6 is 0 Å². The molecule has 5 rings (SSSR count). The van der Waals surface area contributed by atoms with Crippen molar-refractivity contribution < 1.29 is 27.6 Å². The Labute approximate surface area is 217 Å². The van der Waals surface area contributed by atoms with E-state index < -0.39 is 31.1 Å². The minimum Gasteiger partial charge on any atom is -0.497 e. The molecule has 1 aliphatic heterocycles. The molecular weight excluding hydrogens is 514 g/mol. The number of hydrogen-bond donors (Lipinski definition) is 1. The topological polar surface area (TPSA) is 141 Å². The SMILES string of the molecule is COc1ccc(CN(Cc2cc3cc4c(cc3[nH]c2=O)OCCO4)S(=O)(=O)c2ccccc2[N+](=O)[O-])cc1. The highest BCUT2D eigenvalue weighted by atomic mass is 32.2. The van der Waals surface area contributed by atoms with Crippen molar-refractivity contribution in [1.82, 2.24) is 9.29 Å². The minimum absolute atomic E-state index is 0.142. The summed E-state index contributed by atoms with van der Waals surface area (Å²) >= 11 is 0. The molecule has 11 nitrogen and oxygen atoms in total. The predicted octanol–water partition coefficient (Wildman–Crippen LogP) is 3.61. The van der Waals surface area contributed by atoms with Crippen LogP contribution in [0.1, 0.15) is 11.1 Å². The number of pyridine rings is 1. The number of aromatic nitrogens is 1. The molecule has 0 saturated heterocycles. The van der Waals surface area contributed by atoms with Gasteiger partial charge in [-0.25, -0.2) is 8.42 Å². The average Bonchev–Trinajstić information content (AvgIpc) is 2.92. The molecule has 196 valence electrons. The first-order chi connectivity index (χ1) is 18.3. The van der Waals surface area contributed by atoms with E-state index in [1.807, 2.05) is 0 Å². The van der Waals surface area contributed by atoms with Crippen LogP contribution in [0.25, 0.3) is 10.9 Å². The number of methoxy groups -OCH3 is 1. The lowest BCUT2D eigenvalue weighted by Gasteiger charge is -2.23. The molecule has 1 aromatic heterocycles. The number of benzene rings is 3. The van der Waals surface area contributed by atoms with Crippen LogP contribution in [0.5, 0.6) is 17.2 Å². The molecule has 2 heterocycles. The largest absolute Gasteiger partial charge is 0.497 e. The van der Waals surface area contributed by atoms with Crippen LogP contribution in [0.2, 0.25) is 0 Å². The van der Waals surface area contributed by atoms with Gasteiger partial charge in [-0.15, -0.1) is 0 Å². The summed E-state index contributed by atoms with van der Waals surface area (Å²) in [5.74, 6) is 1.61. The highest BCUT2D eigenvalue weighted by molar-refractivity contribution is 7.89. The molecule has 3 aromatic carbocycles. The van der Waals surface area contributed by atoms with E-state index in [0.29, 0.717) is 46.9 Å². The molecule has 0 bridgehead atoms. The van der Waals surface area contributed by atoms with Crippen molar-refractivity contribution >= 4 is 26.6 Å². The van der Waals surface area contributed by atoms with Crippen LogP contribution in [0.15, 0.2) is 76.4 Å². The first-order valence-electron chi connectivity index (χ1n) is 11.6. The van der Waals surface area contributed by atoms with Gasteiger partial charge in [0.2, 0.25) is 0 Å². The molecular formula is C26H23N3O8S. The number of nitro benzene ring substituents is 1. The van der Waals surface area contributed by atoms with Crippen molar-refractivity contribution in [1.29, 1.82) is 0 Å². The van der Waals surface area contributed by atoms with Crippen molar-refractivity contribution in [2.75, 3.05) is 20.3 Å². The van der Waals surface area contributed by atoms with E-state index in [-0.39, 0.29) is 18.7 Å². The second-order valence-corrected chi connectivity index (χ2v) is 10.5. The normalized spacial score (nSPS) is 13.0. The van der Waals surface area contributed by atoms with Crippen LogP contribution in [-0.2, 0) is 23.1 Å². The molecule has 0 spiro atoms. The third-order valence-corrected chi connectivity index (χ3v) is 7.97. The molecule has 0 amide bonds. The van der Waals surface area contributed by atoms with Gasteiger partial charge in [-0.1, -0.05) is 24.3 Å². The zero-order valence-corrected chi connectivity index (χ0v) is 21.1. The summed E-state index contributed by atoms with van der Waals surface area (Å²) in [5, 5.41) is 12.2. The molecule has 12 heteroatoms. The van der Waals surface area contributed by atoms with Gasteiger partial charge in [0.15, 0.2) is 16.4 Å². The first kappa shape index (κ1) is 25.2. The van der Waals surface area contributed by atoms with Gasteiger partial charge in [-0.3, -0.25) is 14.9 Å². The number of nitrogens with one attached hydrogen (secondary N) is 1. The van der Waals surface area contributed by atoms with Crippen molar-refractivity contribution in [3.8, 4) is 17.2 Å². The van der Waals surface area contributed by atoms with Gasteiger partial charge < -0.3 is 19.2 Å². The van der Waals surface area contributed by atoms with Gasteiger partial charge in [0.05, 0.1) is 17.5 Å². The Balaban J connectivity index is 1.58. The molecule has 0 aliphatic carbocycles. The van der Waals surface area contributed by atoms with E-state index in [1.165, 1.54) is 25.3 Å². The van der Waals surface area contributed by atoms with Crippen molar-refractivity contribution in [3.63, 3.8) is 0 Å². The van der Waals surface area contributed by atoms with Crippen molar-refractivity contribution in [2.24, 2.45) is 0 Å². The van der Waals surface area contributed by atoms with E-state index in [2.05, 4.69) is 4.98 Å².